The number of pyridine rings is 1. The molecule has 1 unspecified atom stereocenters. The number of carbonyl (C=O) groups is 2. The van der Waals surface area contributed by atoms with Crippen LogP contribution in [0.5, 0.6) is 11.5 Å². The van der Waals surface area contributed by atoms with Gasteiger partial charge in [-0.1, -0.05) is 25.5 Å². The first-order valence-corrected chi connectivity index (χ1v) is 13.2. The second kappa shape index (κ2) is 11.6. The van der Waals surface area contributed by atoms with Crippen molar-refractivity contribution in [1.82, 2.24) is 14.9 Å². The molecule has 8 nitrogen and oxygen atoms in total. The maximum atomic E-state index is 13.8. The molecule has 0 saturated heterocycles. The number of thiazole rings is 1. The highest BCUT2D eigenvalue weighted by molar-refractivity contribution is 7.14. The summed E-state index contributed by atoms with van der Waals surface area (Å²) in [5, 5.41) is 11.8. The van der Waals surface area contributed by atoms with Gasteiger partial charge in [0.05, 0.1) is 40.4 Å². The molecule has 0 bridgehead atoms. The Hall–Kier alpha value is -3.72. The van der Waals surface area contributed by atoms with E-state index in [-0.39, 0.29) is 12.1 Å². The minimum atomic E-state index is -0.828. The molecular formula is C28H31N3O5S. The number of ketones is 1. The van der Waals surface area contributed by atoms with Crippen molar-refractivity contribution >= 4 is 23.0 Å². The average Bonchev–Trinajstić information content (AvgIpc) is 3.35. The third-order valence-electron chi connectivity index (χ3n) is 6.07. The number of aliphatic hydroxyl groups excluding tert-OH is 1. The summed E-state index contributed by atoms with van der Waals surface area (Å²) >= 11 is 1.25. The SMILES string of the molecule is CCCCOc1ccc(C2C(C(=O)c3sc(C)nc3C)=C(O)C(=O)N2Cc2cccnc2)cc1OCC. The molecule has 1 aliphatic rings. The quantitative estimate of drug-likeness (QED) is 0.262. The summed E-state index contributed by atoms with van der Waals surface area (Å²) in [4.78, 5) is 37.5. The molecule has 194 valence electrons. The van der Waals surface area contributed by atoms with Crippen LogP contribution < -0.4 is 9.47 Å². The normalized spacial score (nSPS) is 15.4. The second-order valence-corrected chi connectivity index (χ2v) is 9.98. The minimum Gasteiger partial charge on any atom is -0.503 e. The van der Waals surface area contributed by atoms with Crippen molar-refractivity contribution in [3.8, 4) is 11.5 Å². The molecule has 3 heterocycles. The van der Waals surface area contributed by atoms with Crippen molar-refractivity contribution in [1.29, 1.82) is 0 Å². The van der Waals surface area contributed by atoms with Gasteiger partial charge in [0.25, 0.3) is 5.91 Å². The van der Waals surface area contributed by atoms with Gasteiger partial charge in [0.1, 0.15) is 0 Å². The molecule has 9 heteroatoms. The maximum absolute atomic E-state index is 13.8. The molecule has 0 aliphatic carbocycles. The summed E-state index contributed by atoms with van der Waals surface area (Å²) in [6.07, 6.45) is 5.22. The Morgan fingerprint density at radius 1 is 1.16 bits per heavy atom. The number of hydrogen-bond acceptors (Lipinski definition) is 8. The number of hydrogen-bond donors (Lipinski definition) is 1. The van der Waals surface area contributed by atoms with Crippen molar-refractivity contribution in [3.05, 3.63) is 80.8 Å². The van der Waals surface area contributed by atoms with E-state index in [2.05, 4.69) is 16.9 Å². The zero-order chi connectivity index (χ0) is 26.5. The smallest absolute Gasteiger partial charge is 0.290 e. The first-order valence-electron chi connectivity index (χ1n) is 12.4. The predicted octanol–water partition coefficient (Wildman–Crippen LogP) is 5.51. The minimum absolute atomic E-state index is 0.0303. The van der Waals surface area contributed by atoms with Gasteiger partial charge in [-0.25, -0.2) is 4.98 Å². The number of aryl methyl sites for hydroxylation is 2. The van der Waals surface area contributed by atoms with Gasteiger partial charge in [-0.15, -0.1) is 11.3 Å². The highest BCUT2D eigenvalue weighted by atomic mass is 32.1. The summed E-state index contributed by atoms with van der Waals surface area (Å²) in [6, 6.07) is 8.20. The van der Waals surface area contributed by atoms with Crippen LogP contribution >= 0.6 is 11.3 Å². The van der Waals surface area contributed by atoms with E-state index in [9.17, 15) is 14.7 Å². The Morgan fingerprint density at radius 3 is 2.62 bits per heavy atom. The third-order valence-corrected chi connectivity index (χ3v) is 7.14. The van der Waals surface area contributed by atoms with E-state index in [0.717, 1.165) is 23.4 Å². The number of aliphatic hydroxyl groups is 1. The number of unbranched alkanes of at least 4 members (excludes halogenated alkanes) is 1. The molecule has 1 aromatic carbocycles. The molecule has 0 saturated carbocycles. The molecule has 4 rings (SSSR count). The van der Waals surface area contributed by atoms with E-state index in [1.807, 2.05) is 26.0 Å². The van der Waals surface area contributed by atoms with Crippen molar-refractivity contribution < 1.29 is 24.2 Å². The van der Waals surface area contributed by atoms with Crippen molar-refractivity contribution in [3.63, 3.8) is 0 Å². The van der Waals surface area contributed by atoms with E-state index < -0.39 is 23.5 Å². The maximum Gasteiger partial charge on any atom is 0.290 e. The molecule has 1 aliphatic heterocycles. The van der Waals surface area contributed by atoms with Gasteiger partial charge in [-0.05, 0) is 56.5 Å². The number of Topliss-reactive ketones (excluding diaryl/α,β-unsaturated/α-hetero) is 1. The number of aromatic nitrogens is 2. The summed E-state index contributed by atoms with van der Waals surface area (Å²) in [6.45, 7) is 8.68. The Labute approximate surface area is 220 Å². The van der Waals surface area contributed by atoms with Gasteiger partial charge in [0.2, 0.25) is 5.78 Å². The number of benzene rings is 1. The second-order valence-electron chi connectivity index (χ2n) is 8.78. The average molecular weight is 522 g/mol. The van der Waals surface area contributed by atoms with Crippen molar-refractivity contribution in [2.45, 2.75) is 53.1 Å². The highest BCUT2D eigenvalue weighted by Gasteiger charge is 2.44. The van der Waals surface area contributed by atoms with Crippen LogP contribution in [0.1, 0.15) is 64.2 Å². The first-order chi connectivity index (χ1) is 17.8. The Bertz CT molecular complexity index is 1320. The highest BCUT2D eigenvalue weighted by Crippen LogP contribution is 2.43. The van der Waals surface area contributed by atoms with Gasteiger partial charge in [0, 0.05) is 18.9 Å². The van der Waals surface area contributed by atoms with Crippen LogP contribution in [0.2, 0.25) is 0 Å². The molecular weight excluding hydrogens is 490 g/mol. The zero-order valence-corrected chi connectivity index (χ0v) is 22.3. The van der Waals surface area contributed by atoms with Gasteiger partial charge in [-0.2, -0.15) is 0 Å². The number of rotatable bonds is 11. The molecule has 0 fully saturated rings. The third kappa shape index (κ3) is 5.51. The van der Waals surface area contributed by atoms with Crippen LogP contribution in [-0.4, -0.2) is 44.9 Å². The Morgan fingerprint density at radius 2 is 1.97 bits per heavy atom. The van der Waals surface area contributed by atoms with E-state index in [1.165, 1.54) is 16.2 Å². The molecule has 0 radical (unpaired) electrons. The summed E-state index contributed by atoms with van der Waals surface area (Å²) < 4.78 is 11.8. The van der Waals surface area contributed by atoms with Crippen LogP contribution in [0.25, 0.3) is 0 Å². The standard InChI is InChI=1S/C28H31N3O5S/c1-5-7-13-36-21-11-10-20(14-22(21)35-6-2)24-23(25(32)27-17(3)30-18(4)37-27)26(33)28(34)31(24)16-19-9-8-12-29-15-19/h8-12,14-15,24,33H,5-7,13,16H2,1-4H3. The van der Waals surface area contributed by atoms with Crippen LogP contribution in [-0.2, 0) is 11.3 Å². The lowest BCUT2D eigenvalue weighted by molar-refractivity contribution is -0.130. The Balaban J connectivity index is 1.80. The number of carbonyl (C=O) groups excluding carboxylic acids is 2. The van der Waals surface area contributed by atoms with Crippen LogP contribution in [0.15, 0.2) is 54.1 Å². The summed E-state index contributed by atoms with van der Waals surface area (Å²) in [5.41, 5.74) is 2.01. The molecule has 1 amide bonds. The van der Waals surface area contributed by atoms with Crippen LogP contribution in [0.4, 0.5) is 0 Å². The lowest BCUT2D eigenvalue weighted by Crippen LogP contribution is -2.30. The van der Waals surface area contributed by atoms with E-state index in [4.69, 9.17) is 9.47 Å². The lowest BCUT2D eigenvalue weighted by atomic mass is 9.94. The number of ether oxygens (including phenoxy) is 2. The number of amides is 1. The fraction of sp³-hybridized carbons (Fsp3) is 0.357. The lowest BCUT2D eigenvalue weighted by Gasteiger charge is -2.27. The van der Waals surface area contributed by atoms with Crippen molar-refractivity contribution in [2.75, 3.05) is 13.2 Å². The van der Waals surface area contributed by atoms with Gasteiger partial charge >= 0.3 is 0 Å². The van der Waals surface area contributed by atoms with Gasteiger partial charge in [0.15, 0.2) is 17.3 Å². The topological polar surface area (TPSA) is 102 Å². The summed E-state index contributed by atoms with van der Waals surface area (Å²) in [7, 11) is 0. The van der Waals surface area contributed by atoms with E-state index in [1.54, 1.807) is 37.5 Å². The number of nitrogens with zero attached hydrogens (tertiary/aromatic N) is 3. The fourth-order valence-electron chi connectivity index (χ4n) is 4.36. The molecule has 1 N–H and O–H groups in total. The summed E-state index contributed by atoms with van der Waals surface area (Å²) in [5.74, 6) is -0.457. The molecule has 3 aromatic rings. The fourth-order valence-corrected chi connectivity index (χ4v) is 5.23. The zero-order valence-electron chi connectivity index (χ0n) is 21.5. The van der Waals surface area contributed by atoms with Gasteiger partial charge < -0.3 is 19.5 Å². The van der Waals surface area contributed by atoms with Crippen molar-refractivity contribution in [2.24, 2.45) is 0 Å². The molecule has 1 atom stereocenters. The van der Waals surface area contributed by atoms with E-state index in [0.29, 0.717) is 40.8 Å². The van der Waals surface area contributed by atoms with Crippen LogP contribution in [0.3, 0.4) is 0 Å². The van der Waals surface area contributed by atoms with Crippen LogP contribution in [0, 0.1) is 13.8 Å². The van der Waals surface area contributed by atoms with Gasteiger partial charge in [-0.3, -0.25) is 14.6 Å². The molecule has 37 heavy (non-hydrogen) atoms. The molecule has 2 aromatic heterocycles. The predicted molar refractivity (Wildman–Crippen MR) is 141 cm³/mol. The Kier molecular flexibility index (Phi) is 8.23. The van der Waals surface area contributed by atoms with E-state index >= 15 is 0 Å². The monoisotopic (exact) mass is 521 g/mol. The molecule has 0 spiro atoms. The first kappa shape index (κ1) is 26.3. The largest absolute Gasteiger partial charge is 0.503 e.